The molecule has 0 bridgehead atoms. The van der Waals surface area contributed by atoms with Gasteiger partial charge in [-0.2, -0.15) is 18.3 Å². The first-order chi connectivity index (χ1) is 11.4. The maximum atomic E-state index is 11.7. The van der Waals surface area contributed by atoms with E-state index in [0.717, 1.165) is 15.5 Å². The first-order valence-electron chi connectivity index (χ1n) is 7.06. The highest BCUT2D eigenvalue weighted by Crippen LogP contribution is 2.24. The fourth-order valence-electron chi connectivity index (χ4n) is 2.09. The third-order valence-electron chi connectivity index (χ3n) is 3.04. The molecule has 1 N–H and O–H groups in total. The molecule has 8 heteroatoms. The van der Waals surface area contributed by atoms with E-state index < -0.39 is 12.7 Å². The van der Waals surface area contributed by atoms with Gasteiger partial charge in [0.1, 0.15) is 12.3 Å². The molecule has 1 radical (unpaired) electrons. The maximum absolute atomic E-state index is 11.7. The summed E-state index contributed by atoms with van der Waals surface area (Å²) in [5, 5.41) is 14.2. The summed E-state index contributed by atoms with van der Waals surface area (Å²) in [4.78, 5) is 0. The first kappa shape index (κ1) is 17.9. The van der Waals surface area contributed by atoms with E-state index in [4.69, 9.17) is 9.68 Å². The van der Waals surface area contributed by atoms with Gasteiger partial charge < -0.3 is 9.68 Å². The molecule has 1 aromatic heterocycles. The highest BCUT2D eigenvalue weighted by Gasteiger charge is 2.28. The van der Waals surface area contributed by atoms with E-state index in [2.05, 4.69) is 5.10 Å². The van der Waals surface area contributed by atoms with Gasteiger partial charge in [-0.15, -0.1) is 0 Å². The molecular weight excluding hydrogens is 320 g/mol. The Bertz CT molecular complexity index is 785. The van der Waals surface area contributed by atoms with Crippen LogP contribution in [0.3, 0.4) is 0 Å². The van der Waals surface area contributed by atoms with E-state index >= 15 is 0 Å². The Morgan fingerprint density at radius 2 is 1.83 bits per heavy atom. The lowest BCUT2D eigenvalue weighted by Gasteiger charge is -2.05. The molecule has 2 aromatic carbocycles. The lowest BCUT2D eigenvalue weighted by atomic mass is 10.1. The summed E-state index contributed by atoms with van der Waals surface area (Å²) in [6, 6.07) is 15.1. The van der Waals surface area contributed by atoms with Crippen LogP contribution in [0.5, 0.6) is 5.75 Å². The van der Waals surface area contributed by atoms with Crippen molar-refractivity contribution >= 4 is 18.5 Å². The van der Waals surface area contributed by atoms with E-state index in [0.29, 0.717) is 19.1 Å². The number of nitrogens with zero attached hydrogens (tertiary/aromatic N) is 2. The van der Waals surface area contributed by atoms with Gasteiger partial charge >= 0.3 is 13.9 Å². The van der Waals surface area contributed by atoms with E-state index in [1.165, 1.54) is 12.3 Å². The average molecular weight is 335 g/mol. The van der Waals surface area contributed by atoms with Crippen LogP contribution in [0.15, 0.2) is 54.7 Å². The van der Waals surface area contributed by atoms with Crippen LogP contribution in [0.1, 0.15) is 5.69 Å². The third kappa shape index (κ3) is 5.31. The lowest BCUT2D eigenvalue weighted by Crippen LogP contribution is -2.17. The van der Waals surface area contributed by atoms with Crippen molar-refractivity contribution < 1.29 is 22.8 Å². The van der Waals surface area contributed by atoms with Gasteiger partial charge in [0.05, 0.1) is 5.69 Å². The molecule has 4 nitrogen and oxygen atoms in total. The fourth-order valence-corrected chi connectivity index (χ4v) is 2.09. The third-order valence-corrected chi connectivity index (χ3v) is 3.04. The molecule has 0 unspecified atom stereocenters. The molecule has 0 atom stereocenters. The summed E-state index contributed by atoms with van der Waals surface area (Å²) < 4.78 is 40.9. The zero-order valence-electron chi connectivity index (χ0n) is 12.9. The van der Waals surface area contributed by atoms with Gasteiger partial charge in [0.2, 0.25) is 0 Å². The van der Waals surface area contributed by atoms with Crippen molar-refractivity contribution in [2.24, 2.45) is 0 Å². The van der Waals surface area contributed by atoms with Crippen molar-refractivity contribution in [2.75, 3.05) is 0 Å². The van der Waals surface area contributed by atoms with Crippen molar-refractivity contribution in [1.29, 1.82) is 0 Å². The van der Waals surface area contributed by atoms with E-state index in [-0.39, 0.29) is 0 Å². The number of rotatable bonds is 3. The van der Waals surface area contributed by atoms with Crippen LogP contribution in [-0.2, 0) is 6.54 Å². The summed E-state index contributed by atoms with van der Waals surface area (Å²) in [6.07, 6.45) is -2.87. The van der Waals surface area contributed by atoms with Crippen LogP contribution in [0.2, 0.25) is 0 Å². The number of aromatic nitrogens is 2. The number of benzene rings is 2. The minimum absolute atomic E-state index is 0.592. The SMILES string of the molecule is Cc1ccn(CC(F)(F)F)n1.O[B]Oc1cccc2ccccc12. The number of halogens is 3. The van der Waals surface area contributed by atoms with Crippen molar-refractivity contribution in [3.05, 3.63) is 60.4 Å². The Labute approximate surface area is 137 Å². The molecule has 3 aromatic rings. The number of aryl methyl sites for hydroxylation is 1. The Kier molecular flexibility index (Phi) is 5.86. The van der Waals surface area contributed by atoms with E-state index in [1.54, 1.807) is 6.92 Å². The molecule has 0 aliphatic heterocycles. The molecule has 1 heterocycles. The molecule has 0 spiro atoms. The number of fused-ring (bicyclic) bond motifs is 1. The average Bonchev–Trinajstić information content (AvgIpc) is 2.92. The van der Waals surface area contributed by atoms with Gasteiger partial charge in [-0.1, -0.05) is 36.4 Å². The van der Waals surface area contributed by atoms with Crippen molar-refractivity contribution in [3.8, 4) is 5.75 Å². The second-order valence-corrected chi connectivity index (χ2v) is 4.97. The lowest BCUT2D eigenvalue weighted by molar-refractivity contribution is -0.142. The Hall–Kier alpha value is -2.48. The minimum Gasteiger partial charge on any atom is -0.537 e. The fraction of sp³-hybridized carbons (Fsp3) is 0.188. The predicted molar refractivity (Wildman–Crippen MR) is 85.6 cm³/mol. The van der Waals surface area contributed by atoms with Crippen LogP contribution in [-0.4, -0.2) is 28.7 Å². The summed E-state index contributed by atoms with van der Waals surface area (Å²) in [7, 11) is 0.696. The van der Waals surface area contributed by atoms with Gasteiger partial charge in [0.15, 0.2) is 0 Å². The molecular formula is C16H15BF3N2O2. The zero-order valence-corrected chi connectivity index (χ0v) is 12.9. The molecule has 3 rings (SSSR count). The predicted octanol–water partition coefficient (Wildman–Crippen LogP) is 3.50. The molecule has 0 saturated carbocycles. The van der Waals surface area contributed by atoms with Gasteiger partial charge in [-0.05, 0) is 24.4 Å². The normalized spacial score (nSPS) is 10.9. The zero-order chi connectivity index (χ0) is 17.6. The number of alkyl halides is 3. The maximum Gasteiger partial charge on any atom is 0.569 e. The number of hydrogen-bond donors (Lipinski definition) is 1. The monoisotopic (exact) mass is 335 g/mol. The van der Waals surface area contributed by atoms with Crippen molar-refractivity contribution in [2.45, 2.75) is 19.6 Å². The van der Waals surface area contributed by atoms with Crippen molar-refractivity contribution in [3.63, 3.8) is 0 Å². The highest BCUT2D eigenvalue weighted by atomic mass is 19.4. The van der Waals surface area contributed by atoms with Crippen molar-refractivity contribution in [1.82, 2.24) is 9.78 Å². The summed E-state index contributed by atoms with van der Waals surface area (Å²) in [5.74, 6) is 0.667. The number of hydrogen-bond acceptors (Lipinski definition) is 3. The molecule has 0 aliphatic carbocycles. The molecule has 0 saturated heterocycles. The van der Waals surface area contributed by atoms with Gasteiger partial charge in [0, 0.05) is 11.6 Å². The molecule has 0 aliphatic rings. The Balaban J connectivity index is 0.000000177. The van der Waals surface area contributed by atoms with Gasteiger partial charge in [-0.3, -0.25) is 4.68 Å². The van der Waals surface area contributed by atoms with Crippen LogP contribution >= 0.6 is 0 Å². The first-order valence-corrected chi connectivity index (χ1v) is 7.06. The Morgan fingerprint density at radius 3 is 2.46 bits per heavy atom. The Morgan fingerprint density at radius 1 is 1.12 bits per heavy atom. The second-order valence-electron chi connectivity index (χ2n) is 4.97. The molecule has 0 amide bonds. The van der Waals surface area contributed by atoms with E-state index in [1.807, 2.05) is 42.5 Å². The minimum atomic E-state index is -4.18. The van der Waals surface area contributed by atoms with Crippen LogP contribution < -0.4 is 4.65 Å². The van der Waals surface area contributed by atoms with Crippen LogP contribution in [0, 0.1) is 6.92 Å². The summed E-state index contributed by atoms with van der Waals surface area (Å²) >= 11 is 0. The molecule has 24 heavy (non-hydrogen) atoms. The largest absolute Gasteiger partial charge is 0.569 e. The second kappa shape index (κ2) is 7.87. The van der Waals surface area contributed by atoms with Gasteiger partial charge in [-0.25, -0.2) is 0 Å². The van der Waals surface area contributed by atoms with Crippen LogP contribution in [0.25, 0.3) is 10.8 Å². The summed E-state index contributed by atoms with van der Waals surface area (Å²) in [6.45, 7) is 0.633. The molecule has 125 valence electrons. The topological polar surface area (TPSA) is 47.3 Å². The standard InChI is InChI=1S/C10H8BO2.C6H7F3N2/c12-11-13-10-7-3-5-8-4-1-2-6-9(8)10;1-5-2-3-11(10-5)4-6(7,8)9/h1-7,12H;2-3H,4H2,1H3. The van der Waals surface area contributed by atoms with Crippen LogP contribution in [0.4, 0.5) is 13.2 Å². The molecule has 0 fully saturated rings. The quantitative estimate of drug-likeness (QED) is 0.746. The van der Waals surface area contributed by atoms with Gasteiger partial charge in [0.25, 0.3) is 0 Å². The van der Waals surface area contributed by atoms with E-state index in [9.17, 15) is 13.2 Å². The highest BCUT2D eigenvalue weighted by molar-refractivity contribution is 6.18. The summed E-state index contributed by atoms with van der Waals surface area (Å²) in [5.41, 5.74) is 0.592. The smallest absolute Gasteiger partial charge is 0.537 e.